The second kappa shape index (κ2) is 9.30. The van der Waals surface area contributed by atoms with Crippen LogP contribution >= 0.6 is 11.3 Å². The van der Waals surface area contributed by atoms with Crippen molar-refractivity contribution in [2.24, 2.45) is 4.99 Å². The first kappa shape index (κ1) is 25.0. The number of sulfonamides is 1. The molecule has 188 valence electrons. The third-order valence-corrected chi connectivity index (χ3v) is 10.0. The maximum atomic E-state index is 13.2. The largest absolute Gasteiger partial charge is 0.305 e. The van der Waals surface area contributed by atoms with E-state index in [1.54, 1.807) is 22.8 Å². The van der Waals surface area contributed by atoms with E-state index in [1.807, 2.05) is 12.1 Å². The van der Waals surface area contributed by atoms with Gasteiger partial charge in [-0.05, 0) is 60.5 Å². The van der Waals surface area contributed by atoms with Crippen LogP contribution in [0.25, 0.3) is 10.2 Å². The lowest BCUT2D eigenvalue weighted by molar-refractivity contribution is 0.0997. The molecule has 3 aromatic carbocycles. The number of amides is 1. The predicted octanol–water partition coefficient (Wildman–Crippen LogP) is 3.23. The van der Waals surface area contributed by atoms with Crippen LogP contribution < -0.4 is 9.11 Å². The standard InChI is InChI=1S/C26H21N3O5S3/c1-3-15-28-23-13-12-21(36(2,31)32)17-24(23)35-26(28)27-25(30)19-8-10-20(11-9-19)37(33,34)29-16-14-18-6-4-5-7-22(18)29/h1,4-13,17H,14-16H2,2H3. The summed E-state index contributed by atoms with van der Waals surface area (Å²) in [5, 5.41) is 0. The van der Waals surface area contributed by atoms with E-state index in [9.17, 15) is 21.6 Å². The molecule has 2 heterocycles. The van der Waals surface area contributed by atoms with E-state index in [4.69, 9.17) is 6.42 Å². The second-order valence-electron chi connectivity index (χ2n) is 8.47. The lowest BCUT2D eigenvalue weighted by Gasteiger charge is -2.19. The Hall–Kier alpha value is -3.72. The number of benzene rings is 3. The van der Waals surface area contributed by atoms with Crippen molar-refractivity contribution in [3.63, 3.8) is 0 Å². The summed E-state index contributed by atoms with van der Waals surface area (Å²) in [7, 11) is -7.19. The lowest BCUT2D eigenvalue weighted by Crippen LogP contribution is -2.29. The molecule has 0 atom stereocenters. The number of hydrogen-bond acceptors (Lipinski definition) is 6. The maximum absolute atomic E-state index is 13.2. The van der Waals surface area contributed by atoms with Crippen LogP contribution in [0.2, 0.25) is 0 Å². The summed E-state index contributed by atoms with van der Waals surface area (Å²) < 4.78 is 54.0. The van der Waals surface area contributed by atoms with Crippen molar-refractivity contribution in [1.29, 1.82) is 0 Å². The van der Waals surface area contributed by atoms with Crippen LogP contribution in [0.3, 0.4) is 0 Å². The molecule has 1 aromatic heterocycles. The minimum Gasteiger partial charge on any atom is -0.305 e. The number of terminal acetylenes is 1. The van der Waals surface area contributed by atoms with Gasteiger partial charge in [0.15, 0.2) is 14.6 Å². The van der Waals surface area contributed by atoms with Crippen molar-refractivity contribution in [2.45, 2.75) is 22.8 Å². The lowest BCUT2D eigenvalue weighted by atomic mass is 10.2. The van der Waals surface area contributed by atoms with E-state index < -0.39 is 25.8 Å². The first-order chi connectivity index (χ1) is 17.6. The highest BCUT2D eigenvalue weighted by Gasteiger charge is 2.30. The van der Waals surface area contributed by atoms with Crippen LogP contribution in [-0.4, -0.2) is 40.1 Å². The Balaban J connectivity index is 1.48. The molecule has 1 aliphatic rings. The van der Waals surface area contributed by atoms with Gasteiger partial charge in [-0.2, -0.15) is 4.99 Å². The van der Waals surface area contributed by atoms with E-state index >= 15 is 0 Å². The van der Waals surface area contributed by atoms with Crippen LogP contribution in [0.4, 0.5) is 5.69 Å². The zero-order valence-corrected chi connectivity index (χ0v) is 22.1. The first-order valence-electron chi connectivity index (χ1n) is 11.2. The monoisotopic (exact) mass is 551 g/mol. The summed E-state index contributed by atoms with van der Waals surface area (Å²) in [6, 6.07) is 17.7. The molecular formula is C26H21N3O5S3. The zero-order valence-electron chi connectivity index (χ0n) is 19.7. The first-order valence-corrected chi connectivity index (χ1v) is 15.3. The second-order valence-corrected chi connectivity index (χ2v) is 13.4. The van der Waals surface area contributed by atoms with Crippen molar-refractivity contribution in [1.82, 2.24) is 4.57 Å². The molecule has 0 bridgehead atoms. The number of carbonyl (C=O) groups is 1. The quantitative estimate of drug-likeness (QED) is 0.354. The summed E-state index contributed by atoms with van der Waals surface area (Å²) in [5.74, 6) is 1.95. The van der Waals surface area contributed by atoms with Crippen molar-refractivity contribution in [3.8, 4) is 12.3 Å². The molecule has 0 spiro atoms. The molecule has 0 saturated heterocycles. The topological polar surface area (TPSA) is 106 Å². The number of rotatable bonds is 5. The molecule has 1 amide bonds. The number of hydrogen-bond donors (Lipinski definition) is 0. The van der Waals surface area contributed by atoms with E-state index in [-0.39, 0.29) is 21.9 Å². The average Bonchev–Trinajstić information content (AvgIpc) is 3.45. The van der Waals surface area contributed by atoms with Gasteiger partial charge in [-0.3, -0.25) is 9.10 Å². The predicted molar refractivity (Wildman–Crippen MR) is 143 cm³/mol. The van der Waals surface area contributed by atoms with Crippen LogP contribution in [0, 0.1) is 12.3 Å². The summed E-state index contributed by atoms with van der Waals surface area (Å²) in [4.78, 5) is 17.7. The number of fused-ring (bicyclic) bond motifs is 2. The van der Waals surface area contributed by atoms with Gasteiger partial charge in [0.05, 0.1) is 32.2 Å². The number of anilines is 1. The maximum Gasteiger partial charge on any atom is 0.279 e. The van der Waals surface area contributed by atoms with E-state index in [0.717, 1.165) is 23.2 Å². The summed E-state index contributed by atoms with van der Waals surface area (Å²) in [6.07, 6.45) is 7.28. The Morgan fingerprint density at radius 2 is 1.73 bits per heavy atom. The van der Waals surface area contributed by atoms with Gasteiger partial charge in [0.1, 0.15) is 0 Å². The van der Waals surface area contributed by atoms with Gasteiger partial charge in [0.2, 0.25) is 0 Å². The third kappa shape index (κ3) is 4.59. The van der Waals surface area contributed by atoms with Crippen molar-refractivity contribution in [2.75, 3.05) is 17.1 Å². The van der Waals surface area contributed by atoms with Gasteiger partial charge in [0, 0.05) is 18.4 Å². The Bertz CT molecular complexity index is 1880. The Labute approximate surface area is 218 Å². The number of nitrogens with zero attached hydrogens (tertiary/aromatic N) is 3. The highest BCUT2D eigenvalue weighted by molar-refractivity contribution is 7.92. The minimum absolute atomic E-state index is 0.0818. The molecule has 0 aliphatic carbocycles. The number of thiazole rings is 1. The van der Waals surface area contributed by atoms with Gasteiger partial charge >= 0.3 is 0 Å². The molecule has 0 radical (unpaired) electrons. The van der Waals surface area contributed by atoms with E-state index in [2.05, 4.69) is 10.9 Å². The minimum atomic E-state index is -3.78. The third-order valence-electron chi connectivity index (χ3n) is 6.06. The van der Waals surface area contributed by atoms with Gasteiger partial charge in [-0.15, -0.1) is 6.42 Å². The Morgan fingerprint density at radius 3 is 2.43 bits per heavy atom. The number of para-hydroxylation sites is 1. The van der Waals surface area contributed by atoms with Crippen molar-refractivity contribution < 1.29 is 21.6 Å². The Kier molecular flexibility index (Phi) is 6.27. The smallest absolute Gasteiger partial charge is 0.279 e. The van der Waals surface area contributed by atoms with Crippen LogP contribution in [0.1, 0.15) is 15.9 Å². The van der Waals surface area contributed by atoms with Crippen LogP contribution in [0.5, 0.6) is 0 Å². The van der Waals surface area contributed by atoms with Gasteiger partial charge < -0.3 is 4.57 Å². The molecule has 11 heteroatoms. The fourth-order valence-electron chi connectivity index (χ4n) is 4.22. The highest BCUT2D eigenvalue weighted by atomic mass is 32.2. The number of carbonyl (C=O) groups excluding carboxylic acids is 1. The van der Waals surface area contributed by atoms with Gasteiger partial charge in [-0.1, -0.05) is 35.5 Å². The molecule has 0 unspecified atom stereocenters. The van der Waals surface area contributed by atoms with Crippen LogP contribution in [-0.2, 0) is 32.8 Å². The highest BCUT2D eigenvalue weighted by Crippen LogP contribution is 2.32. The molecule has 4 aromatic rings. The van der Waals surface area contributed by atoms with E-state index in [1.165, 1.54) is 40.7 Å². The molecule has 1 aliphatic heterocycles. The average molecular weight is 552 g/mol. The Morgan fingerprint density at radius 1 is 1.03 bits per heavy atom. The normalized spacial score (nSPS) is 14.1. The number of aromatic nitrogens is 1. The molecule has 5 rings (SSSR count). The molecule has 8 nitrogen and oxygen atoms in total. The fourth-order valence-corrected chi connectivity index (χ4v) is 7.51. The van der Waals surface area contributed by atoms with Crippen molar-refractivity contribution in [3.05, 3.63) is 82.7 Å². The summed E-state index contributed by atoms with van der Waals surface area (Å²) >= 11 is 1.15. The number of sulfone groups is 1. The molecule has 0 saturated carbocycles. The molecule has 37 heavy (non-hydrogen) atoms. The molecule has 0 fully saturated rings. The van der Waals surface area contributed by atoms with Crippen molar-refractivity contribution >= 4 is 53.0 Å². The SMILES string of the molecule is C#CCn1c(=NC(=O)c2ccc(S(=O)(=O)N3CCc4ccccc43)cc2)sc2cc(S(C)(=O)=O)ccc21. The molecule has 0 N–H and O–H groups in total. The van der Waals surface area contributed by atoms with E-state index in [0.29, 0.717) is 33.7 Å². The zero-order chi connectivity index (χ0) is 26.4. The summed E-state index contributed by atoms with van der Waals surface area (Å²) in [5.41, 5.74) is 2.51. The van der Waals surface area contributed by atoms with Crippen LogP contribution in [0.15, 0.2) is 81.5 Å². The summed E-state index contributed by atoms with van der Waals surface area (Å²) in [6.45, 7) is 0.499. The molecular weight excluding hydrogens is 531 g/mol. The van der Waals surface area contributed by atoms with Gasteiger partial charge in [0.25, 0.3) is 15.9 Å². The van der Waals surface area contributed by atoms with Gasteiger partial charge in [-0.25, -0.2) is 16.8 Å². The fraction of sp³-hybridized carbons (Fsp3) is 0.154.